The number of benzene rings is 1. The van der Waals surface area contributed by atoms with Crippen LogP contribution in [0.4, 0.5) is 5.69 Å². The van der Waals surface area contributed by atoms with Gasteiger partial charge in [0.05, 0.1) is 16.4 Å². The number of carbonyl (C=O) groups is 1. The van der Waals surface area contributed by atoms with Crippen molar-refractivity contribution in [3.05, 3.63) is 50.6 Å². The van der Waals surface area contributed by atoms with Crippen molar-refractivity contribution in [3.8, 4) is 5.75 Å². The van der Waals surface area contributed by atoms with Crippen molar-refractivity contribution in [2.24, 2.45) is 0 Å². The maximum Gasteiger partial charge on any atom is 0.262 e. The standard InChI is InChI=1S/C13H9Br2ClN2O2/c14-8-1-3-11(10(15)5-8)20-7-13(19)18-9-2-4-12(16)17-6-9/h1-6H,7H2,(H,18,19). The molecule has 4 nitrogen and oxygen atoms in total. The third-order valence-electron chi connectivity index (χ3n) is 2.26. The van der Waals surface area contributed by atoms with E-state index in [1.807, 2.05) is 12.1 Å². The molecule has 0 radical (unpaired) electrons. The minimum absolute atomic E-state index is 0.0944. The maximum absolute atomic E-state index is 11.7. The zero-order chi connectivity index (χ0) is 14.5. The number of hydrogen-bond acceptors (Lipinski definition) is 3. The van der Waals surface area contributed by atoms with E-state index in [0.717, 1.165) is 8.95 Å². The largest absolute Gasteiger partial charge is 0.483 e. The summed E-state index contributed by atoms with van der Waals surface area (Å²) in [4.78, 5) is 15.6. The SMILES string of the molecule is O=C(COc1ccc(Br)cc1Br)Nc1ccc(Cl)nc1. The molecule has 0 bridgehead atoms. The van der Waals surface area contributed by atoms with Crippen molar-refractivity contribution in [2.45, 2.75) is 0 Å². The van der Waals surface area contributed by atoms with Crippen LogP contribution in [0.1, 0.15) is 0 Å². The van der Waals surface area contributed by atoms with Crippen molar-refractivity contribution < 1.29 is 9.53 Å². The highest BCUT2D eigenvalue weighted by Gasteiger charge is 2.06. The summed E-state index contributed by atoms with van der Waals surface area (Å²) in [7, 11) is 0. The second kappa shape index (κ2) is 7.06. The van der Waals surface area contributed by atoms with Crippen LogP contribution in [0.15, 0.2) is 45.5 Å². The number of nitrogens with one attached hydrogen (secondary N) is 1. The predicted molar refractivity (Wildman–Crippen MR) is 85.2 cm³/mol. The van der Waals surface area contributed by atoms with E-state index in [1.54, 1.807) is 18.2 Å². The molecule has 2 rings (SSSR count). The Labute approximate surface area is 137 Å². The van der Waals surface area contributed by atoms with E-state index in [9.17, 15) is 4.79 Å². The highest BCUT2D eigenvalue weighted by Crippen LogP contribution is 2.28. The number of nitrogens with zero attached hydrogens (tertiary/aromatic N) is 1. The number of hydrogen-bond donors (Lipinski definition) is 1. The molecule has 0 aliphatic heterocycles. The third kappa shape index (κ3) is 4.47. The first-order valence-corrected chi connectivity index (χ1v) is 7.50. The van der Waals surface area contributed by atoms with Gasteiger partial charge in [0.15, 0.2) is 6.61 Å². The van der Waals surface area contributed by atoms with E-state index in [4.69, 9.17) is 16.3 Å². The summed E-state index contributed by atoms with van der Waals surface area (Å²) in [6.45, 7) is -0.0944. The van der Waals surface area contributed by atoms with Gasteiger partial charge in [-0.1, -0.05) is 27.5 Å². The predicted octanol–water partition coefficient (Wildman–Crippen LogP) is 4.28. The van der Waals surface area contributed by atoms with Gasteiger partial charge in [0.1, 0.15) is 10.9 Å². The van der Waals surface area contributed by atoms with Gasteiger partial charge in [-0.2, -0.15) is 0 Å². The third-order valence-corrected chi connectivity index (χ3v) is 3.60. The number of rotatable bonds is 4. The molecule has 7 heteroatoms. The van der Waals surface area contributed by atoms with Gasteiger partial charge in [0.25, 0.3) is 5.91 Å². The van der Waals surface area contributed by atoms with Gasteiger partial charge in [0.2, 0.25) is 0 Å². The fourth-order valence-corrected chi connectivity index (χ4v) is 2.66. The summed E-state index contributed by atoms with van der Waals surface area (Å²) < 4.78 is 7.12. The van der Waals surface area contributed by atoms with Gasteiger partial charge in [-0.3, -0.25) is 4.79 Å². The molecule has 0 atom stereocenters. The fraction of sp³-hybridized carbons (Fsp3) is 0.0769. The van der Waals surface area contributed by atoms with Crippen LogP contribution in [-0.4, -0.2) is 17.5 Å². The molecule has 0 saturated heterocycles. The molecule has 1 amide bonds. The number of halogens is 3. The molecule has 20 heavy (non-hydrogen) atoms. The molecule has 0 saturated carbocycles. The highest BCUT2D eigenvalue weighted by molar-refractivity contribution is 9.11. The number of aromatic nitrogens is 1. The van der Waals surface area contributed by atoms with Crippen LogP contribution in [0, 0.1) is 0 Å². The average molecular weight is 420 g/mol. The summed E-state index contributed by atoms with van der Waals surface area (Å²) in [6.07, 6.45) is 1.48. The van der Waals surface area contributed by atoms with Gasteiger partial charge in [-0.05, 0) is 46.3 Å². The Balaban J connectivity index is 1.90. The summed E-state index contributed by atoms with van der Waals surface area (Å²) in [6, 6.07) is 8.72. The number of pyridine rings is 1. The van der Waals surface area contributed by atoms with Crippen molar-refractivity contribution in [1.29, 1.82) is 0 Å². The number of carbonyl (C=O) groups excluding carboxylic acids is 1. The van der Waals surface area contributed by atoms with Crippen molar-refractivity contribution in [1.82, 2.24) is 4.98 Å². The first kappa shape index (κ1) is 15.3. The zero-order valence-electron chi connectivity index (χ0n) is 10.1. The first-order chi connectivity index (χ1) is 9.54. The number of ether oxygens (including phenoxy) is 1. The molecular formula is C13H9Br2ClN2O2. The average Bonchev–Trinajstić information content (AvgIpc) is 2.40. The Morgan fingerprint density at radius 3 is 2.75 bits per heavy atom. The van der Waals surface area contributed by atoms with Crippen LogP contribution in [0.25, 0.3) is 0 Å². The monoisotopic (exact) mass is 418 g/mol. The molecule has 1 aromatic heterocycles. The van der Waals surface area contributed by atoms with Gasteiger partial charge in [-0.15, -0.1) is 0 Å². The Morgan fingerprint density at radius 1 is 1.30 bits per heavy atom. The van der Waals surface area contributed by atoms with Crippen LogP contribution < -0.4 is 10.1 Å². The van der Waals surface area contributed by atoms with Crippen LogP contribution in [-0.2, 0) is 4.79 Å². The molecule has 1 N–H and O–H groups in total. The van der Waals surface area contributed by atoms with Gasteiger partial charge < -0.3 is 10.1 Å². The molecule has 0 fully saturated rings. The number of anilines is 1. The Hall–Kier alpha value is -1.11. The van der Waals surface area contributed by atoms with E-state index >= 15 is 0 Å². The molecule has 1 aromatic carbocycles. The van der Waals surface area contributed by atoms with Gasteiger partial charge in [0, 0.05) is 4.47 Å². The minimum Gasteiger partial charge on any atom is -0.483 e. The Bertz CT molecular complexity index is 620. The van der Waals surface area contributed by atoms with Gasteiger partial charge >= 0.3 is 0 Å². The fourth-order valence-electron chi connectivity index (χ4n) is 1.38. The smallest absolute Gasteiger partial charge is 0.262 e. The molecule has 0 spiro atoms. The van der Waals surface area contributed by atoms with E-state index in [1.165, 1.54) is 6.20 Å². The Morgan fingerprint density at radius 2 is 2.10 bits per heavy atom. The lowest BCUT2D eigenvalue weighted by molar-refractivity contribution is -0.118. The van der Waals surface area contributed by atoms with E-state index in [2.05, 4.69) is 42.2 Å². The maximum atomic E-state index is 11.7. The van der Waals surface area contributed by atoms with E-state index in [0.29, 0.717) is 16.6 Å². The zero-order valence-corrected chi connectivity index (χ0v) is 14.0. The van der Waals surface area contributed by atoms with Crippen LogP contribution >= 0.6 is 43.5 Å². The number of amides is 1. The van der Waals surface area contributed by atoms with Crippen molar-refractivity contribution >= 4 is 55.1 Å². The highest BCUT2D eigenvalue weighted by atomic mass is 79.9. The minimum atomic E-state index is -0.274. The normalized spacial score (nSPS) is 10.2. The van der Waals surface area contributed by atoms with E-state index in [-0.39, 0.29) is 12.5 Å². The quantitative estimate of drug-likeness (QED) is 0.752. The molecule has 104 valence electrons. The summed E-state index contributed by atoms with van der Waals surface area (Å²) in [5.41, 5.74) is 0.567. The molecule has 0 unspecified atom stereocenters. The van der Waals surface area contributed by atoms with E-state index < -0.39 is 0 Å². The topological polar surface area (TPSA) is 51.2 Å². The summed E-state index contributed by atoms with van der Waals surface area (Å²) in [5, 5.41) is 3.03. The summed E-state index contributed by atoms with van der Waals surface area (Å²) >= 11 is 12.4. The van der Waals surface area contributed by atoms with Crippen molar-refractivity contribution in [2.75, 3.05) is 11.9 Å². The lowest BCUT2D eigenvalue weighted by Gasteiger charge is -2.09. The van der Waals surface area contributed by atoms with Crippen molar-refractivity contribution in [3.63, 3.8) is 0 Å². The molecular weight excluding hydrogens is 411 g/mol. The van der Waals surface area contributed by atoms with Crippen LogP contribution in [0.3, 0.4) is 0 Å². The second-order valence-electron chi connectivity index (χ2n) is 3.78. The Kier molecular flexibility index (Phi) is 5.39. The first-order valence-electron chi connectivity index (χ1n) is 5.54. The second-order valence-corrected chi connectivity index (χ2v) is 5.94. The molecule has 0 aliphatic carbocycles. The summed E-state index contributed by atoms with van der Waals surface area (Å²) in [5.74, 6) is 0.321. The lowest BCUT2D eigenvalue weighted by atomic mass is 10.3. The lowest BCUT2D eigenvalue weighted by Crippen LogP contribution is -2.20. The van der Waals surface area contributed by atoms with Crippen LogP contribution in [0.5, 0.6) is 5.75 Å². The molecule has 0 aliphatic rings. The molecule has 1 heterocycles. The van der Waals surface area contributed by atoms with Gasteiger partial charge in [-0.25, -0.2) is 4.98 Å². The molecule has 2 aromatic rings. The van der Waals surface area contributed by atoms with Crippen LogP contribution in [0.2, 0.25) is 5.15 Å².